The van der Waals surface area contributed by atoms with Crippen LogP contribution in [0.25, 0.3) is 11.0 Å². The summed E-state index contributed by atoms with van der Waals surface area (Å²) >= 11 is 0. The number of benzene rings is 1. The highest BCUT2D eigenvalue weighted by Crippen LogP contribution is 2.21. The van der Waals surface area contributed by atoms with Crippen LogP contribution in [0.2, 0.25) is 0 Å². The molecule has 0 aliphatic heterocycles. The molecule has 2 aromatic heterocycles. The zero-order valence-corrected chi connectivity index (χ0v) is 10.9. The Morgan fingerprint density at radius 1 is 1.21 bits per heavy atom. The van der Waals surface area contributed by atoms with E-state index in [1.165, 1.54) is 0 Å². The maximum absolute atomic E-state index is 5.76. The van der Waals surface area contributed by atoms with Crippen LogP contribution in [0.4, 0.5) is 17.2 Å². The van der Waals surface area contributed by atoms with Gasteiger partial charge in [-0.2, -0.15) is 0 Å². The Kier molecular flexibility index (Phi) is 2.59. The largest absolute Gasteiger partial charge is 0.397 e. The number of nitrogens with one attached hydrogen (secondary N) is 1. The molecule has 3 N–H and O–H groups in total. The Balaban J connectivity index is 1.94. The summed E-state index contributed by atoms with van der Waals surface area (Å²) in [6.45, 7) is 1.89. The first-order chi connectivity index (χ1) is 9.13. The summed E-state index contributed by atoms with van der Waals surface area (Å²) in [5.74, 6) is 0.780. The Labute approximate surface area is 111 Å². The smallest absolute Gasteiger partial charge is 0.130 e. The molecule has 96 valence electrons. The molecule has 3 aromatic rings. The first-order valence-electron chi connectivity index (χ1n) is 6.05. The fraction of sp³-hybridized carbons (Fsp3) is 0.143. The van der Waals surface area contributed by atoms with Crippen LogP contribution < -0.4 is 11.1 Å². The normalized spacial score (nSPS) is 10.8. The van der Waals surface area contributed by atoms with Gasteiger partial charge in [0.15, 0.2) is 0 Å². The van der Waals surface area contributed by atoms with Crippen molar-refractivity contribution in [2.45, 2.75) is 6.92 Å². The highest BCUT2D eigenvalue weighted by Gasteiger charge is 2.03. The van der Waals surface area contributed by atoms with Gasteiger partial charge in [0, 0.05) is 12.7 Å². The number of nitrogens with zero attached hydrogens (tertiary/aromatic N) is 3. The van der Waals surface area contributed by atoms with E-state index in [0.29, 0.717) is 5.69 Å². The number of nitrogens with two attached hydrogens (primary N) is 1. The van der Waals surface area contributed by atoms with Crippen molar-refractivity contribution in [3.63, 3.8) is 0 Å². The number of nitrogen functional groups attached to an aromatic ring is 1. The first-order valence-corrected chi connectivity index (χ1v) is 6.05. The first kappa shape index (κ1) is 11.5. The van der Waals surface area contributed by atoms with Gasteiger partial charge >= 0.3 is 0 Å². The molecule has 3 rings (SSSR count). The van der Waals surface area contributed by atoms with E-state index in [1.54, 1.807) is 6.33 Å². The predicted molar refractivity (Wildman–Crippen MR) is 77.4 cm³/mol. The molecule has 5 nitrogen and oxygen atoms in total. The second-order valence-electron chi connectivity index (χ2n) is 4.56. The minimum absolute atomic E-state index is 0.700. The van der Waals surface area contributed by atoms with Crippen molar-refractivity contribution in [3.8, 4) is 0 Å². The topological polar surface area (TPSA) is 68.8 Å². The number of rotatable bonds is 2. The van der Waals surface area contributed by atoms with Gasteiger partial charge in [-0.1, -0.05) is 0 Å². The van der Waals surface area contributed by atoms with Gasteiger partial charge in [-0.3, -0.25) is 0 Å². The fourth-order valence-corrected chi connectivity index (χ4v) is 2.00. The molecule has 0 spiro atoms. The molecular weight excluding hydrogens is 238 g/mol. The zero-order chi connectivity index (χ0) is 13.4. The molecule has 0 aliphatic carbocycles. The number of imidazole rings is 1. The number of aromatic nitrogens is 3. The molecule has 0 fully saturated rings. The maximum Gasteiger partial charge on any atom is 0.130 e. The number of aryl methyl sites for hydroxylation is 2. The molecule has 19 heavy (non-hydrogen) atoms. The van der Waals surface area contributed by atoms with E-state index in [0.717, 1.165) is 28.2 Å². The van der Waals surface area contributed by atoms with Gasteiger partial charge < -0.3 is 15.6 Å². The predicted octanol–water partition coefficient (Wildman–Crippen LogP) is 2.60. The summed E-state index contributed by atoms with van der Waals surface area (Å²) < 4.78 is 1.99. The van der Waals surface area contributed by atoms with Crippen molar-refractivity contribution >= 4 is 28.2 Å². The molecule has 0 amide bonds. The van der Waals surface area contributed by atoms with E-state index >= 15 is 0 Å². The van der Waals surface area contributed by atoms with E-state index in [4.69, 9.17) is 5.73 Å². The standard InChI is InChI=1S/C14H15N5/c1-9-11(15)4-6-14(17-9)18-10-3-5-13-12(7-10)16-8-19(13)2/h3-8H,15H2,1-2H3,(H,17,18). The average Bonchev–Trinajstić information content (AvgIpc) is 2.75. The van der Waals surface area contributed by atoms with Crippen molar-refractivity contribution in [2.75, 3.05) is 11.1 Å². The third-order valence-electron chi connectivity index (χ3n) is 3.12. The van der Waals surface area contributed by atoms with Gasteiger partial charge in [-0.15, -0.1) is 0 Å². The maximum atomic E-state index is 5.76. The second-order valence-corrected chi connectivity index (χ2v) is 4.56. The van der Waals surface area contributed by atoms with E-state index in [-0.39, 0.29) is 0 Å². The Morgan fingerprint density at radius 2 is 2.05 bits per heavy atom. The Bertz CT molecular complexity index is 745. The molecule has 5 heteroatoms. The number of fused-ring (bicyclic) bond motifs is 1. The third kappa shape index (κ3) is 2.10. The lowest BCUT2D eigenvalue weighted by atomic mass is 10.2. The molecular formula is C14H15N5. The van der Waals surface area contributed by atoms with Gasteiger partial charge in [0.25, 0.3) is 0 Å². The fourth-order valence-electron chi connectivity index (χ4n) is 2.00. The van der Waals surface area contributed by atoms with Crippen molar-refractivity contribution in [3.05, 3.63) is 42.4 Å². The summed E-state index contributed by atoms with van der Waals surface area (Å²) in [6, 6.07) is 9.77. The van der Waals surface area contributed by atoms with Crippen LogP contribution in [0.5, 0.6) is 0 Å². The zero-order valence-electron chi connectivity index (χ0n) is 10.9. The number of pyridine rings is 1. The highest BCUT2D eigenvalue weighted by molar-refractivity contribution is 5.80. The van der Waals surface area contributed by atoms with Crippen LogP contribution in [0.15, 0.2) is 36.7 Å². The second kappa shape index (κ2) is 4.28. The van der Waals surface area contributed by atoms with Gasteiger partial charge in [0.1, 0.15) is 5.82 Å². The quantitative estimate of drug-likeness (QED) is 0.736. The lowest BCUT2D eigenvalue weighted by Crippen LogP contribution is -1.98. The van der Waals surface area contributed by atoms with E-state index < -0.39 is 0 Å². The average molecular weight is 253 g/mol. The molecule has 2 heterocycles. The minimum atomic E-state index is 0.700. The molecule has 1 aromatic carbocycles. The Hall–Kier alpha value is -2.56. The summed E-state index contributed by atoms with van der Waals surface area (Å²) in [5, 5.41) is 3.26. The Morgan fingerprint density at radius 3 is 2.84 bits per heavy atom. The van der Waals surface area contributed by atoms with Crippen LogP contribution in [0.1, 0.15) is 5.69 Å². The lowest BCUT2D eigenvalue weighted by molar-refractivity contribution is 0.948. The molecule has 0 radical (unpaired) electrons. The van der Waals surface area contributed by atoms with Crippen molar-refractivity contribution < 1.29 is 0 Å². The summed E-state index contributed by atoms with van der Waals surface area (Å²) in [6.07, 6.45) is 1.81. The monoisotopic (exact) mass is 253 g/mol. The van der Waals surface area contributed by atoms with E-state index in [9.17, 15) is 0 Å². The lowest BCUT2D eigenvalue weighted by Gasteiger charge is -2.07. The highest BCUT2D eigenvalue weighted by atomic mass is 15.0. The molecule has 0 unspecified atom stereocenters. The minimum Gasteiger partial charge on any atom is -0.397 e. The molecule has 0 atom stereocenters. The van der Waals surface area contributed by atoms with Crippen LogP contribution in [0.3, 0.4) is 0 Å². The summed E-state index contributed by atoms with van der Waals surface area (Å²) in [5.41, 5.74) is 10.3. The number of hydrogen-bond donors (Lipinski definition) is 2. The summed E-state index contributed by atoms with van der Waals surface area (Å²) in [4.78, 5) is 8.73. The molecule has 0 saturated heterocycles. The third-order valence-corrected chi connectivity index (χ3v) is 3.12. The van der Waals surface area contributed by atoms with Crippen LogP contribution in [-0.4, -0.2) is 14.5 Å². The van der Waals surface area contributed by atoms with Crippen LogP contribution in [-0.2, 0) is 7.05 Å². The molecule has 0 saturated carbocycles. The molecule has 0 bridgehead atoms. The van der Waals surface area contributed by atoms with Gasteiger partial charge in [-0.05, 0) is 37.3 Å². The van der Waals surface area contributed by atoms with E-state index in [1.807, 2.05) is 48.9 Å². The van der Waals surface area contributed by atoms with Crippen molar-refractivity contribution in [1.29, 1.82) is 0 Å². The van der Waals surface area contributed by atoms with E-state index in [2.05, 4.69) is 15.3 Å². The van der Waals surface area contributed by atoms with Gasteiger partial charge in [0.05, 0.1) is 28.7 Å². The van der Waals surface area contributed by atoms with Gasteiger partial charge in [0.2, 0.25) is 0 Å². The van der Waals surface area contributed by atoms with Crippen LogP contribution in [0, 0.1) is 6.92 Å². The summed E-state index contributed by atoms with van der Waals surface area (Å²) in [7, 11) is 1.98. The number of hydrogen-bond acceptors (Lipinski definition) is 4. The number of anilines is 3. The van der Waals surface area contributed by atoms with Crippen LogP contribution >= 0.6 is 0 Å². The van der Waals surface area contributed by atoms with Crippen molar-refractivity contribution in [2.24, 2.45) is 7.05 Å². The van der Waals surface area contributed by atoms with Crippen molar-refractivity contribution in [1.82, 2.24) is 14.5 Å². The molecule has 0 aliphatic rings. The van der Waals surface area contributed by atoms with Gasteiger partial charge in [-0.25, -0.2) is 9.97 Å². The SMILES string of the molecule is Cc1nc(Nc2ccc3c(c2)ncn3C)ccc1N.